The first-order chi connectivity index (χ1) is 15.6. The number of phenols is 1. The zero-order valence-corrected chi connectivity index (χ0v) is 19.9. The number of amides is 1. The maximum atomic E-state index is 13.0. The minimum atomic E-state index is -3.91. The zero-order chi connectivity index (χ0) is 23.8. The van der Waals surface area contributed by atoms with Gasteiger partial charge in [-0.05, 0) is 61.6 Å². The first kappa shape index (κ1) is 23.7. The van der Waals surface area contributed by atoms with E-state index in [0.29, 0.717) is 18.0 Å². The van der Waals surface area contributed by atoms with Gasteiger partial charge in [-0.15, -0.1) is 0 Å². The second-order valence-corrected chi connectivity index (χ2v) is 12.2. The molecule has 0 radical (unpaired) electrons. The van der Waals surface area contributed by atoms with Gasteiger partial charge >= 0.3 is 0 Å². The first-order valence-corrected chi connectivity index (χ1v) is 13.7. The van der Waals surface area contributed by atoms with E-state index in [1.54, 1.807) is 19.1 Å². The molecule has 2 aliphatic rings. The van der Waals surface area contributed by atoms with Gasteiger partial charge in [0.05, 0.1) is 4.90 Å². The van der Waals surface area contributed by atoms with Gasteiger partial charge < -0.3 is 10.0 Å². The number of nitrogens with zero attached hydrogens (tertiary/aromatic N) is 2. The Morgan fingerprint density at radius 1 is 1.03 bits per heavy atom. The third-order valence-electron chi connectivity index (χ3n) is 5.91. The summed E-state index contributed by atoms with van der Waals surface area (Å²) in [7, 11) is -7.61. The standard InChI is InChI=1S/C22H27N3O6S2/c1-16-5-8-20(26)21(13-16)33(30,31)25-11-9-24(10-12-25)22(27)18-3-2-4-19(14-18)32(28,29)23-15-17-6-7-17/h2-5,8,13-14,17,23,26H,6-7,9-12,15H2,1H3. The molecule has 1 amide bonds. The summed E-state index contributed by atoms with van der Waals surface area (Å²) in [5.74, 6) is -0.281. The number of aryl methyl sites for hydroxylation is 1. The van der Waals surface area contributed by atoms with Crippen molar-refractivity contribution in [1.82, 2.24) is 13.9 Å². The average molecular weight is 494 g/mol. The highest BCUT2D eigenvalue weighted by Crippen LogP contribution is 2.29. The van der Waals surface area contributed by atoms with E-state index in [1.165, 1.54) is 39.5 Å². The lowest BCUT2D eigenvalue weighted by atomic mass is 10.2. The van der Waals surface area contributed by atoms with E-state index in [0.717, 1.165) is 12.8 Å². The van der Waals surface area contributed by atoms with Crippen LogP contribution in [-0.4, -0.2) is 69.8 Å². The molecular formula is C22H27N3O6S2. The van der Waals surface area contributed by atoms with Crippen molar-refractivity contribution in [1.29, 1.82) is 0 Å². The largest absolute Gasteiger partial charge is 0.507 e. The number of nitrogens with one attached hydrogen (secondary N) is 1. The molecule has 1 saturated carbocycles. The predicted molar refractivity (Wildman–Crippen MR) is 122 cm³/mol. The minimum Gasteiger partial charge on any atom is -0.507 e. The average Bonchev–Trinajstić information content (AvgIpc) is 3.64. The van der Waals surface area contributed by atoms with Gasteiger partial charge in [-0.25, -0.2) is 21.6 Å². The van der Waals surface area contributed by atoms with Gasteiger partial charge in [-0.1, -0.05) is 12.1 Å². The highest BCUT2D eigenvalue weighted by atomic mass is 32.2. The lowest BCUT2D eigenvalue weighted by Crippen LogP contribution is -2.50. The molecule has 0 spiro atoms. The van der Waals surface area contributed by atoms with Crippen molar-refractivity contribution >= 4 is 26.0 Å². The summed E-state index contributed by atoms with van der Waals surface area (Å²) in [5, 5.41) is 10.0. The van der Waals surface area contributed by atoms with Crippen molar-refractivity contribution < 1.29 is 26.7 Å². The monoisotopic (exact) mass is 493 g/mol. The molecule has 1 saturated heterocycles. The van der Waals surface area contributed by atoms with E-state index in [9.17, 15) is 26.7 Å². The Hall–Kier alpha value is -2.47. The zero-order valence-electron chi connectivity index (χ0n) is 18.3. The fourth-order valence-electron chi connectivity index (χ4n) is 3.71. The van der Waals surface area contributed by atoms with Crippen molar-refractivity contribution in [3.8, 4) is 5.75 Å². The number of carbonyl (C=O) groups is 1. The molecule has 2 aromatic carbocycles. The van der Waals surface area contributed by atoms with Crippen molar-refractivity contribution in [2.75, 3.05) is 32.7 Å². The van der Waals surface area contributed by atoms with Crippen LogP contribution in [0, 0.1) is 12.8 Å². The minimum absolute atomic E-state index is 0.0325. The van der Waals surface area contributed by atoms with Crippen LogP contribution in [0.3, 0.4) is 0 Å². The lowest BCUT2D eigenvalue weighted by molar-refractivity contribution is 0.0697. The van der Waals surface area contributed by atoms with Gasteiger partial charge in [0.25, 0.3) is 5.91 Å². The van der Waals surface area contributed by atoms with Gasteiger partial charge in [-0.2, -0.15) is 4.31 Å². The molecule has 1 heterocycles. The second-order valence-electron chi connectivity index (χ2n) is 8.49. The Kier molecular flexibility index (Phi) is 6.50. The third kappa shape index (κ3) is 5.21. The molecule has 0 atom stereocenters. The number of phenolic OH excluding ortho intramolecular Hbond substituents is 1. The fourth-order valence-corrected chi connectivity index (χ4v) is 6.46. The molecule has 0 unspecified atom stereocenters. The smallest absolute Gasteiger partial charge is 0.253 e. The molecule has 9 nitrogen and oxygen atoms in total. The van der Waals surface area contributed by atoms with Crippen LogP contribution in [0.4, 0.5) is 0 Å². The van der Waals surface area contributed by atoms with Crippen LogP contribution in [0.2, 0.25) is 0 Å². The summed E-state index contributed by atoms with van der Waals surface area (Å²) in [5.41, 5.74) is 0.943. The maximum Gasteiger partial charge on any atom is 0.253 e. The van der Waals surface area contributed by atoms with Gasteiger partial charge in [0.2, 0.25) is 20.0 Å². The number of sulfonamides is 2. The number of hydrogen-bond acceptors (Lipinski definition) is 6. The van der Waals surface area contributed by atoms with Crippen LogP contribution in [-0.2, 0) is 20.0 Å². The van der Waals surface area contributed by atoms with Gasteiger partial charge in [0.1, 0.15) is 10.6 Å². The highest BCUT2D eigenvalue weighted by molar-refractivity contribution is 7.89. The molecule has 0 bridgehead atoms. The molecule has 2 fully saturated rings. The summed E-state index contributed by atoms with van der Waals surface area (Å²) in [6.45, 7) is 2.59. The Bertz CT molecular complexity index is 1260. The van der Waals surface area contributed by atoms with Gasteiger partial charge in [0, 0.05) is 38.3 Å². The van der Waals surface area contributed by atoms with Crippen LogP contribution in [0.1, 0.15) is 28.8 Å². The molecule has 178 valence electrons. The second kappa shape index (κ2) is 9.05. The topological polar surface area (TPSA) is 124 Å². The van der Waals surface area contributed by atoms with Crippen molar-refractivity contribution in [3.63, 3.8) is 0 Å². The van der Waals surface area contributed by atoms with Crippen molar-refractivity contribution in [2.45, 2.75) is 29.6 Å². The van der Waals surface area contributed by atoms with Crippen molar-refractivity contribution in [2.24, 2.45) is 5.92 Å². The molecule has 4 rings (SSSR count). The maximum absolute atomic E-state index is 13.0. The molecule has 33 heavy (non-hydrogen) atoms. The SMILES string of the molecule is Cc1ccc(O)c(S(=O)(=O)N2CCN(C(=O)c3cccc(S(=O)(=O)NCC4CC4)c3)CC2)c1. The van der Waals surface area contributed by atoms with E-state index < -0.39 is 20.0 Å². The van der Waals surface area contributed by atoms with Crippen LogP contribution in [0.25, 0.3) is 0 Å². The van der Waals surface area contributed by atoms with E-state index in [-0.39, 0.29) is 53.2 Å². The normalized spacial score (nSPS) is 17.8. The van der Waals surface area contributed by atoms with Crippen LogP contribution < -0.4 is 4.72 Å². The number of aromatic hydroxyl groups is 1. The van der Waals surface area contributed by atoms with Crippen LogP contribution in [0.5, 0.6) is 5.75 Å². The Balaban J connectivity index is 1.44. The van der Waals surface area contributed by atoms with Crippen molar-refractivity contribution in [3.05, 3.63) is 53.6 Å². The van der Waals surface area contributed by atoms with Gasteiger partial charge in [0.15, 0.2) is 0 Å². The third-order valence-corrected chi connectivity index (χ3v) is 9.26. The highest BCUT2D eigenvalue weighted by Gasteiger charge is 2.32. The number of piperazine rings is 1. The summed E-state index contributed by atoms with van der Waals surface area (Å²) in [6.07, 6.45) is 2.04. The summed E-state index contributed by atoms with van der Waals surface area (Å²) in [4.78, 5) is 14.4. The quantitative estimate of drug-likeness (QED) is 0.603. The van der Waals surface area contributed by atoms with E-state index in [4.69, 9.17) is 0 Å². The number of benzene rings is 2. The van der Waals surface area contributed by atoms with E-state index >= 15 is 0 Å². The van der Waals surface area contributed by atoms with Gasteiger partial charge in [-0.3, -0.25) is 4.79 Å². The Morgan fingerprint density at radius 3 is 2.39 bits per heavy atom. The number of carbonyl (C=O) groups excluding carboxylic acids is 1. The first-order valence-electron chi connectivity index (χ1n) is 10.8. The number of rotatable bonds is 7. The molecule has 1 aliphatic heterocycles. The predicted octanol–water partition coefficient (Wildman–Crippen LogP) is 1.54. The van der Waals surface area contributed by atoms with Crippen LogP contribution in [0.15, 0.2) is 52.3 Å². The summed E-state index contributed by atoms with van der Waals surface area (Å²) in [6, 6.07) is 10.3. The van der Waals surface area contributed by atoms with E-state index in [2.05, 4.69) is 4.72 Å². The molecule has 2 aromatic rings. The Labute approximate surface area is 194 Å². The molecule has 11 heteroatoms. The summed E-state index contributed by atoms with van der Waals surface area (Å²) < 4.78 is 54.8. The number of hydrogen-bond donors (Lipinski definition) is 2. The molecule has 1 aliphatic carbocycles. The Morgan fingerprint density at radius 2 is 1.73 bits per heavy atom. The van der Waals surface area contributed by atoms with Crippen LogP contribution >= 0.6 is 0 Å². The molecular weight excluding hydrogens is 466 g/mol. The molecule has 0 aromatic heterocycles. The summed E-state index contributed by atoms with van der Waals surface area (Å²) >= 11 is 0. The lowest BCUT2D eigenvalue weighted by Gasteiger charge is -2.34. The molecule has 2 N–H and O–H groups in total. The fraction of sp³-hybridized carbons (Fsp3) is 0.409. The van der Waals surface area contributed by atoms with E-state index in [1.807, 2.05) is 0 Å².